The van der Waals surface area contributed by atoms with Crippen molar-refractivity contribution in [3.8, 4) is 55.8 Å². The second-order valence-corrected chi connectivity index (χ2v) is 20.0. The van der Waals surface area contributed by atoms with E-state index >= 15 is 0 Å². The number of hydrogen-bond donors (Lipinski definition) is 0. The van der Waals surface area contributed by atoms with E-state index in [1.807, 2.05) is 18.2 Å². The van der Waals surface area contributed by atoms with Gasteiger partial charge in [-0.15, -0.1) is 0 Å². The van der Waals surface area contributed by atoms with Crippen LogP contribution in [0.15, 0.2) is 236 Å². The molecule has 4 aromatic heterocycles. The van der Waals surface area contributed by atoms with E-state index in [9.17, 15) is 0 Å². The van der Waals surface area contributed by atoms with E-state index in [0.717, 1.165) is 95.9 Å². The van der Waals surface area contributed by atoms with Crippen LogP contribution >= 0.6 is 0 Å². The summed E-state index contributed by atoms with van der Waals surface area (Å²) in [6.07, 6.45) is 1.72. The first-order valence-electron chi connectivity index (χ1n) is 25.5. The Balaban J connectivity index is 0.892. The Bertz CT molecular complexity index is 5090. The van der Waals surface area contributed by atoms with Gasteiger partial charge >= 0.3 is 0 Å². The standard InChI is InChI=1S/C70H40O4/c1-2-14-43-39(12-1)13-11-21-44(43)40-24-27-52-59(37-40)65(42-26-34-63-58(38-42)55-31-30-53-48-17-7-9-22-60(48)73-69(53)70(55)74-63)49-18-5-6-19-50(49)66(52)51-29-28-45(46-15-3-4-16-47(46)51)41-25-33-62-57(36-41)54-32-35-64-67(68(54)72-62)56-20-8-10-23-61(56)71-64/h1-31,33-34,36-38H,32,35H2. The molecule has 0 aliphatic heterocycles. The van der Waals surface area contributed by atoms with Crippen LogP contribution < -0.4 is 0 Å². The van der Waals surface area contributed by atoms with Crippen molar-refractivity contribution >= 4 is 109 Å². The first kappa shape index (κ1) is 40.0. The molecule has 0 saturated heterocycles. The fourth-order valence-electron chi connectivity index (χ4n) is 12.9. The van der Waals surface area contributed by atoms with Crippen LogP contribution in [0.3, 0.4) is 0 Å². The highest BCUT2D eigenvalue weighted by Crippen LogP contribution is 2.50. The summed E-state index contributed by atoms with van der Waals surface area (Å²) in [5.41, 5.74) is 16.9. The van der Waals surface area contributed by atoms with Gasteiger partial charge in [-0.3, -0.25) is 0 Å². The smallest absolute Gasteiger partial charge is 0.178 e. The Hall–Kier alpha value is -9.64. The summed E-state index contributed by atoms with van der Waals surface area (Å²) in [6.45, 7) is 0. The second-order valence-electron chi connectivity index (χ2n) is 20.0. The summed E-state index contributed by atoms with van der Waals surface area (Å²) in [5, 5.41) is 16.1. The summed E-state index contributed by atoms with van der Waals surface area (Å²) in [6, 6.07) is 79.4. The van der Waals surface area contributed by atoms with Crippen LogP contribution in [-0.4, -0.2) is 0 Å². The summed E-state index contributed by atoms with van der Waals surface area (Å²) < 4.78 is 26.2. The topological polar surface area (TPSA) is 52.6 Å². The molecule has 0 unspecified atom stereocenters. The van der Waals surface area contributed by atoms with Crippen LogP contribution in [0.5, 0.6) is 0 Å². The van der Waals surface area contributed by atoms with E-state index in [0.29, 0.717) is 0 Å². The number of fused-ring (bicyclic) bond motifs is 18. The summed E-state index contributed by atoms with van der Waals surface area (Å²) in [5.74, 6) is 1.95. The highest BCUT2D eigenvalue weighted by atomic mass is 16.4. The molecular formula is C70H40O4. The minimum Gasteiger partial charge on any atom is -0.460 e. The third-order valence-electron chi connectivity index (χ3n) is 16.2. The largest absolute Gasteiger partial charge is 0.460 e. The molecule has 0 spiro atoms. The molecule has 16 aromatic rings. The summed E-state index contributed by atoms with van der Waals surface area (Å²) in [4.78, 5) is 0. The minimum absolute atomic E-state index is 0.773. The molecule has 4 heteroatoms. The molecular weight excluding hydrogens is 905 g/mol. The van der Waals surface area contributed by atoms with Crippen LogP contribution in [0, 0.1) is 0 Å². The molecule has 0 saturated carbocycles. The third-order valence-corrected chi connectivity index (χ3v) is 16.2. The van der Waals surface area contributed by atoms with E-state index in [1.165, 1.54) is 93.0 Å². The van der Waals surface area contributed by atoms with Crippen molar-refractivity contribution in [2.75, 3.05) is 0 Å². The van der Waals surface area contributed by atoms with Gasteiger partial charge < -0.3 is 17.7 Å². The lowest BCUT2D eigenvalue weighted by Crippen LogP contribution is -1.99. The lowest BCUT2D eigenvalue weighted by atomic mass is 9.82. The molecule has 0 fully saturated rings. The minimum atomic E-state index is 0.773. The Labute approximate surface area is 422 Å². The lowest BCUT2D eigenvalue weighted by molar-refractivity contribution is 0.536. The molecule has 344 valence electrons. The van der Waals surface area contributed by atoms with Crippen LogP contribution in [0.2, 0.25) is 0 Å². The first-order chi connectivity index (χ1) is 36.7. The molecule has 1 aliphatic carbocycles. The molecule has 12 aromatic carbocycles. The van der Waals surface area contributed by atoms with Crippen LogP contribution in [-0.2, 0) is 12.8 Å². The maximum atomic E-state index is 6.71. The molecule has 74 heavy (non-hydrogen) atoms. The quantitative estimate of drug-likeness (QED) is 0.165. The molecule has 0 radical (unpaired) electrons. The number of benzene rings is 12. The van der Waals surface area contributed by atoms with E-state index < -0.39 is 0 Å². The number of hydrogen-bond acceptors (Lipinski definition) is 4. The molecule has 0 amide bonds. The van der Waals surface area contributed by atoms with E-state index in [1.54, 1.807) is 0 Å². The average Bonchev–Trinajstić information content (AvgIpc) is 4.24. The predicted octanol–water partition coefficient (Wildman–Crippen LogP) is 20.0. The monoisotopic (exact) mass is 944 g/mol. The van der Waals surface area contributed by atoms with Gasteiger partial charge in [-0.2, -0.15) is 0 Å². The zero-order valence-corrected chi connectivity index (χ0v) is 39.8. The van der Waals surface area contributed by atoms with Gasteiger partial charge in [0, 0.05) is 44.3 Å². The molecule has 0 N–H and O–H groups in total. The van der Waals surface area contributed by atoms with Crippen molar-refractivity contribution in [3.05, 3.63) is 230 Å². The molecule has 1 aliphatic rings. The number of rotatable bonds is 4. The van der Waals surface area contributed by atoms with E-state index in [2.05, 4.69) is 200 Å². The van der Waals surface area contributed by atoms with Crippen LogP contribution in [0.4, 0.5) is 0 Å². The van der Waals surface area contributed by atoms with Gasteiger partial charge in [0.15, 0.2) is 11.2 Å². The van der Waals surface area contributed by atoms with Crippen LogP contribution in [0.25, 0.3) is 165 Å². The number of para-hydroxylation sites is 2. The summed E-state index contributed by atoms with van der Waals surface area (Å²) >= 11 is 0. The first-order valence-corrected chi connectivity index (χ1v) is 25.5. The third kappa shape index (κ3) is 5.57. The number of aryl methyl sites for hydroxylation is 2. The molecule has 0 bridgehead atoms. The van der Waals surface area contributed by atoms with Gasteiger partial charge in [0.25, 0.3) is 0 Å². The van der Waals surface area contributed by atoms with E-state index in [-0.39, 0.29) is 0 Å². The highest BCUT2D eigenvalue weighted by Gasteiger charge is 2.29. The SMILES string of the molecule is c1ccc2c(-c3ccc4c(-c5ccc(-c6ccc7oc8c(c7c6)CCc6oc7ccccc7c6-8)c6ccccc56)c5ccccc5c(-c5ccc6oc7c(ccc8c9ccccc9oc87)c6c5)c4c3)cccc2c1. The molecule has 17 rings (SSSR count). The van der Waals surface area contributed by atoms with Gasteiger partial charge in [0.2, 0.25) is 0 Å². The summed E-state index contributed by atoms with van der Waals surface area (Å²) in [7, 11) is 0. The van der Waals surface area contributed by atoms with Crippen LogP contribution in [0.1, 0.15) is 11.3 Å². The fourth-order valence-corrected chi connectivity index (χ4v) is 12.9. The maximum absolute atomic E-state index is 6.71. The highest BCUT2D eigenvalue weighted by molar-refractivity contribution is 6.26. The van der Waals surface area contributed by atoms with Gasteiger partial charge in [0.1, 0.15) is 33.9 Å². The van der Waals surface area contributed by atoms with Gasteiger partial charge in [-0.05, 0) is 149 Å². The zero-order chi connectivity index (χ0) is 48.2. The van der Waals surface area contributed by atoms with Gasteiger partial charge in [0.05, 0.1) is 5.56 Å². The number of furan rings is 4. The maximum Gasteiger partial charge on any atom is 0.178 e. The Kier molecular flexibility index (Phi) is 8.09. The predicted molar refractivity (Wildman–Crippen MR) is 305 cm³/mol. The lowest BCUT2D eigenvalue weighted by Gasteiger charge is -2.21. The van der Waals surface area contributed by atoms with Crippen molar-refractivity contribution in [2.24, 2.45) is 0 Å². The Morgan fingerprint density at radius 1 is 0.257 bits per heavy atom. The Morgan fingerprint density at radius 2 is 0.770 bits per heavy atom. The molecule has 4 heterocycles. The van der Waals surface area contributed by atoms with Crippen molar-refractivity contribution in [1.29, 1.82) is 0 Å². The normalized spacial score (nSPS) is 12.8. The van der Waals surface area contributed by atoms with Crippen molar-refractivity contribution < 1.29 is 17.7 Å². The van der Waals surface area contributed by atoms with E-state index in [4.69, 9.17) is 17.7 Å². The fraction of sp³-hybridized carbons (Fsp3) is 0.0286. The molecule has 0 atom stereocenters. The van der Waals surface area contributed by atoms with Crippen molar-refractivity contribution in [2.45, 2.75) is 12.8 Å². The second kappa shape index (κ2) is 15.0. The van der Waals surface area contributed by atoms with Crippen molar-refractivity contribution in [3.63, 3.8) is 0 Å². The van der Waals surface area contributed by atoms with Gasteiger partial charge in [-0.1, -0.05) is 164 Å². The molecule has 4 nitrogen and oxygen atoms in total. The van der Waals surface area contributed by atoms with Crippen molar-refractivity contribution in [1.82, 2.24) is 0 Å². The zero-order valence-electron chi connectivity index (χ0n) is 39.8. The van der Waals surface area contributed by atoms with Gasteiger partial charge in [-0.25, -0.2) is 0 Å². The Morgan fingerprint density at radius 3 is 1.57 bits per heavy atom. The average molecular weight is 945 g/mol.